The SMILES string of the molecule is COC1=CC(Cl)(CCC2(Cl)C=C(OC)c3ccccc32)c2ccccc21. The highest BCUT2D eigenvalue weighted by atomic mass is 35.5. The van der Waals surface area contributed by atoms with Gasteiger partial charge in [-0.15, -0.1) is 23.2 Å². The van der Waals surface area contributed by atoms with Gasteiger partial charge in [0.25, 0.3) is 0 Å². The van der Waals surface area contributed by atoms with Crippen LogP contribution < -0.4 is 0 Å². The second-order valence-corrected chi connectivity index (χ2v) is 8.09. The van der Waals surface area contributed by atoms with Crippen molar-refractivity contribution in [2.45, 2.75) is 22.6 Å². The molecule has 0 saturated carbocycles. The van der Waals surface area contributed by atoms with Crippen molar-refractivity contribution in [2.24, 2.45) is 0 Å². The summed E-state index contributed by atoms with van der Waals surface area (Å²) in [6, 6.07) is 16.2. The third kappa shape index (κ3) is 2.64. The number of fused-ring (bicyclic) bond motifs is 2. The molecule has 2 unspecified atom stereocenters. The summed E-state index contributed by atoms with van der Waals surface area (Å²) in [5, 5.41) is 0. The Labute approximate surface area is 164 Å². The summed E-state index contributed by atoms with van der Waals surface area (Å²) in [5.74, 6) is 1.64. The molecule has 4 rings (SSSR count). The van der Waals surface area contributed by atoms with Gasteiger partial charge >= 0.3 is 0 Å². The van der Waals surface area contributed by atoms with E-state index in [1.165, 1.54) is 0 Å². The number of methoxy groups -OCH3 is 2. The van der Waals surface area contributed by atoms with Crippen molar-refractivity contribution in [1.29, 1.82) is 0 Å². The van der Waals surface area contributed by atoms with E-state index in [-0.39, 0.29) is 0 Å². The van der Waals surface area contributed by atoms with Gasteiger partial charge < -0.3 is 9.47 Å². The van der Waals surface area contributed by atoms with Crippen molar-refractivity contribution in [2.75, 3.05) is 14.2 Å². The molecule has 134 valence electrons. The molecule has 2 aromatic rings. The van der Waals surface area contributed by atoms with Crippen LogP contribution in [0.4, 0.5) is 0 Å². The van der Waals surface area contributed by atoms with Gasteiger partial charge in [-0.3, -0.25) is 0 Å². The molecule has 2 nitrogen and oxygen atoms in total. The Bertz CT molecular complexity index is 842. The third-order valence-electron chi connectivity index (χ3n) is 5.29. The number of halogens is 2. The molecule has 2 aromatic carbocycles. The lowest BCUT2D eigenvalue weighted by Gasteiger charge is -2.27. The molecule has 0 bridgehead atoms. The standard InChI is InChI=1S/C22H20Cl2O2/c1-25-19-13-21(23,17-9-5-3-7-15(17)19)11-12-22(24)14-20(26-2)16-8-4-6-10-18(16)22/h3-10,13-14H,11-12H2,1-2H3. The first kappa shape index (κ1) is 17.5. The Kier molecular flexibility index (Phi) is 4.29. The first-order valence-corrected chi connectivity index (χ1v) is 9.38. The Morgan fingerprint density at radius 1 is 0.692 bits per heavy atom. The molecule has 0 heterocycles. The van der Waals surface area contributed by atoms with Gasteiger partial charge in [0, 0.05) is 11.1 Å². The fourth-order valence-corrected chi connectivity index (χ4v) is 4.68. The summed E-state index contributed by atoms with van der Waals surface area (Å²) in [5.41, 5.74) is 4.24. The maximum Gasteiger partial charge on any atom is 0.124 e. The molecule has 2 aliphatic carbocycles. The average Bonchev–Trinajstić information content (AvgIpc) is 3.14. The minimum atomic E-state index is -0.623. The van der Waals surface area contributed by atoms with E-state index in [4.69, 9.17) is 32.7 Å². The fourth-order valence-electron chi connectivity index (χ4n) is 3.96. The average molecular weight is 387 g/mol. The molecule has 0 spiro atoms. The van der Waals surface area contributed by atoms with Crippen molar-refractivity contribution in [3.05, 3.63) is 82.9 Å². The van der Waals surface area contributed by atoms with Crippen LogP contribution >= 0.6 is 23.2 Å². The van der Waals surface area contributed by atoms with Crippen molar-refractivity contribution < 1.29 is 9.47 Å². The third-order valence-corrected chi connectivity index (χ3v) is 6.30. The van der Waals surface area contributed by atoms with E-state index in [0.717, 1.165) is 33.8 Å². The van der Waals surface area contributed by atoms with E-state index in [2.05, 4.69) is 12.1 Å². The van der Waals surface area contributed by atoms with Crippen LogP contribution in [0.25, 0.3) is 11.5 Å². The first-order valence-electron chi connectivity index (χ1n) is 8.62. The van der Waals surface area contributed by atoms with Gasteiger partial charge in [-0.25, -0.2) is 0 Å². The molecule has 0 amide bonds. The minimum Gasteiger partial charge on any atom is -0.496 e. The van der Waals surface area contributed by atoms with Crippen molar-refractivity contribution in [3.63, 3.8) is 0 Å². The van der Waals surface area contributed by atoms with E-state index >= 15 is 0 Å². The second kappa shape index (κ2) is 6.37. The van der Waals surface area contributed by atoms with Crippen LogP contribution in [0.5, 0.6) is 0 Å². The second-order valence-electron chi connectivity index (χ2n) is 6.74. The van der Waals surface area contributed by atoms with E-state index < -0.39 is 9.75 Å². The van der Waals surface area contributed by atoms with Crippen LogP contribution in [-0.2, 0) is 19.2 Å². The molecule has 2 aliphatic rings. The predicted molar refractivity (Wildman–Crippen MR) is 107 cm³/mol. The molecule has 0 saturated heterocycles. The van der Waals surface area contributed by atoms with Crippen LogP contribution in [-0.4, -0.2) is 14.2 Å². The highest BCUT2D eigenvalue weighted by Crippen LogP contribution is 2.52. The number of allylic oxidation sites excluding steroid dienone is 2. The minimum absolute atomic E-state index is 0.623. The summed E-state index contributed by atoms with van der Waals surface area (Å²) in [6.07, 6.45) is 5.37. The maximum absolute atomic E-state index is 7.05. The summed E-state index contributed by atoms with van der Waals surface area (Å²) in [4.78, 5) is -1.25. The lowest BCUT2D eigenvalue weighted by molar-refractivity contribution is 0.369. The molecular weight excluding hydrogens is 367 g/mol. The largest absolute Gasteiger partial charge is 0.496 e. The number of rotatable bonds is 5. The van der Waals surface area contributed by atoms with Gasteiger partial charge in [-0.2, -0.15) is 0 Å². The Morgan fingerprint density at radius 3 is 1.46 bits per heavy atom. The van der Waals surface area contributed by atoms with Gasteiger partial charge in [-0.1, -0.05) is 48.5 Å². The zero-order valence-electron chi connectivity index (χ0n) is 14.8. The van der Waals surface area contributed by atoms with Gasteiger partial charge in [0.1, 0.15) is 11.5 Å². The smallest absolute Gasteiger partial charge is 0.124 e. The summed E-state index contributed by atoms with van der Waals surface area (Å²) in [7, 11) is 3.35. The van der Waals surface area contributed by atoms with Crippen LogP contribution in [0, 0.1) is 0 Å². The zero-order valence-corrected chi connectivity index (χ0v) is 16.3. The zero-order chi connectivity index (χ0) is 18.4. The van der Waals surface area contributed by atoms with Crippen LogP contribution in [0.2, 0.25) is 0 Å². The number of ether oxygens (including phenoxy) is 2. The van der Waals surface area contributed by atoms with Gasteiger partial charge in [-0.05, 0) is 36.1 Å². The molecule has 2 atom stereocenters. The molecule has 0 N–H and O–H groups in total. The monoisotopic (exact) mass is 386 g/mol. The van der Waals surface area contributed by atoms with Crippen LogP contribution in [0.3, 0.4) is 0 Å². The number of benzene rings is 2. The maximum atomic E-state index is 7.05. The lowest BCUT2D eigenvalue weighted by Crippen LogP contribution is -2.21. The highest BCUT2D eigenvalue weighted by Gasteiger charge is 2.42. The predicted octanol–water partition coefficient (Wildman–Crippen LogP) is 6.04. The van der Waals surface area contributed by atoms with Crippen LogP contribution in [0.1, 0.15) is 35.1 Å². The van der Waals surface area contributed by atoms with Gasteiger partial charge in [0.05, 0.1) is 24.0 Å². The van der Waals surface area contributed by atoms with Gasteiger partial charge in [0.15, 0.2) is 0 Å². The molecule has 4 heteroatoms. The number of alkyl halides is 2. The number of hydrogen-bond acceptors (Lipinski definition) is 2. The Morgan fingerprint density at radius 2 is 1.08 bits per heavy atom. The van der Waals surface area contributed by atoms with Crippen LogP contribution in [0.15, 0.2) is 60.7 Å². The molecule has 0 radical (unpaired) electrons. The van der Waals surface area contributed by atoms with E-state index in [0.29, 0.717) is 12.8 Å². The normalized spacial score (nSPS) is 26.0. The van der Waals surface area contributed by atoms with Crippen molar-refractivity contribution >= 4 is 34.7 Å². The summed E-state index contributed by atoms with van der Waals surface area (Å²) >= 11 is 14.1. The molecule has 0 aliphatic heterocycles. The first-order chi connectivity index (χ1) is 12.5. The quantitative estimate of drug-likeness (QED) is 0.583. The highest BCUT2D eigenvalue weighted by molar-refractivity contribution is 6.28. The van der Waals surface area contributed by atoms with Crippen molar-refractivity contribution in [3.8, 4) is 0 Å². The van der Waals surface area contributed by atoms with Crippen molar-refractivity contribution in [1.82, 2.24) is 0 Å². The summed E-state index contributed by atoms with van der Waals surface area (Å²) in [6.45, 7) is 0. The molecule has 26 heavy (non-hydrogen) atoms. The Balaban J connectivity index is 1.66. The molecule has 0 aromatic heterocycles. The molecular formula is C22H20Cl2O2. The summed E-state index contributed by atoms with van der Waals surface area (Å²) < 4.78 is 11.1. The number of hydrogen-bond donors (Lipinski definition) is 0. The van der Waals surface area contributed by atoms with E-state index in [1.807, 2.05) is 48.6 Å². The fraction of sp³-hybridized carbons (Fsp3) is 0.273. The van der Waals surface area contributed by atoms with E-state index in [9.17, 15) is 0 Å². The molecule has 0 fully saturated rings. The van der Waals surface area contributed by atoms with Gasteiger partial charge in [0.2, 0.25) is 0 Å². The topological polar surface area (TPSA) is 18.5 Å². The lowest BCUT2D eigenvalue weighted by atomic mass is 9.88. The Hall–Kier alpha value is -1.90. The van der Waals surface area contributed by atoms with E-state index in [1.54, 1.807) is 14.2 Å².